The Labute approximate surface area is 186 Å². The van der Waals surface area contributed by atoms with Crippen LogP contribution >= 0.6 is 0 Å². The number of allylic oxidation sites excluding steroid dienone is 2. The van der Waals surface area contributed by atoms with Crippen molar-refractivity contribution < 1.29 is 9.90 Å². The number of benzene rings is 3. The smallest absolute Gasteiger partial charge is 0.162 e. The number of fused-ring (bicyclic) bond motifs is 3. The molecule has 6 rings (SSSR count). The molecular formula is C28H22N2O2. The maximum atomic E-state index is 13.6. The van der Waals surface area contributed by atoms with E-state index >= 15 is 0 Å². The molecule has 2 heterocycles. The van der Waals surface area contributed by atoms with Crippen LogP contribution in [0.25, 0.3) is 10.9 Å². The van der Waals surface area contributed by atoms with Crippen molar-refractivity contribution in [1.82, 2.24) is 4.98 Å². The topological polar surface area (TPSA) is 62.2 Å². The molecule has 2 atom stereocenters. The molecule has 1 aliphatic carbocycles. The lowest BCUT2D eigenvalue weighted by Crippen LogP contribution is -2.30. The fraction of sp³-hybridized carbons (Fsp3) is 0.143. The number of pyridine rings is 1. The minimum absolute atomic E-state index is 0.166. The van der Waals surface area contributed by atoms with Gasteiger partial charge in [0.05, 0.1) is 5.52 Å². The Morgan fingerprint density at radius 2 is 1.66 bits per heavy atom. The van der Waals surface area contributed by atoms with Gasteiger partial charge in [-0.05, 0) is 59.4 Å². The van der Waals surface area contributed by atoms with Crippen LogP contribution in [0.15, 0.2) is 96.3 Å². The first-order valence-electron chi connectivity index (χ1n) is 10.9. The predicted octanol–water partition coefficient (Wildman–Crippen LogP) is 5.90. The van der Waals surface area contributed by atoms with Crippen LogP contribution in [0, 0.1) is 0 Å². The van der Waals surface area contributed by atoms with E-state index in [0.29, 0.717) is 6.42 Å². The summed E-state index contributed by atoms with van der Waals surface area (Å²) in [5.74, 6) is 0.367. The van der Waals surface area contributed by atoms with Crippen molar-refractivity contribution in [1.29, 1.82) is 0 Å². The molecule has 2 N–H and O–H groups in total. The van der Waals surface area contributed by atoms with Gasteiger partial charge in [-0.2, -0.15) is 0 Å². The number of carbonyl (C=O) groups is 1. The Kier molecular flexibility index (Phi) is 4.32. The zero-order valence-corrected chi connectivity index (χ0v) is 17.5. The number of nitrogens with zero attached hydrogens (tertiary/aromatic N) is 1. The number of ketones is 1. The van der Waals surface area contributed by atoms with Crippen LogP contribution in [-0.4, -0.2) is 15.9 Å². The molecule has 2 aliphatic rings. The number of nitrogens with one attached hydrogen (secondary N) is 1. The molecule has 0 saturated heterocycles. The molecule has 1 aromatic heterocycles. The summed E-state index contributed by atoms with van der Waals surface area (Å²) < 4.78 is 0. The number of phenols is 1. The molecule has 4 nitrogen and oxygen atoms in total. The molecule has 0 unspecified atom stereocenters. The summed E-state index contributed by atoms with van der Waals surface area (Å²) in [5.41, 5.74) is 7.04. The number of aromatic nitrogens is 1. The zero-order chi connectivity index (χ0) is 21.7. The van der Waals surface area contributed by atoms with E-state index in [1.165, 1.54) is 5.56 Å². The van der Waals surface area contributed by atoms with Gasteiger partial charge < -0.3 is 10.4 Å². The van der Waals surface area contributed by atoms with Crippen LogP contribution < -0.4 is 5.32 Å². The Balaban J connectivity index is 1.55. The van der Waals surface area contributed by atoms with Crippen molar-refractivity contribution in [3.63, 3.8) is 0 Å². The van der Waals surface area contributed by atoms with E-state index in [0.717, 1.165) is 45.4 Å². The van der Waals surface area contributed by atoms with E-state index in [1.54, 1.807) is 18.3 Å². The Morgan fingerprint density at radius 1 is 0.844 bits per heavy atom. The summed E-state index contributed by atoms with van der Waals surface area (Å²) in [7, 11) is 0. The van der Waals surface area contributed by atoms with Crippen LogP contribution in [0.2, 0.25) is 0 Å². The summed E-state index contributed by atoms with van der Waals surface area (Å²) in [6.07, 6.45) is 3.09. The first-order chi connectivity index (χ1) is 15.7. The normalized spacial score (nSPS) is 19.9. The number of Topliss-reactive ketones (excluding diaryl/α,β-unsaturated/α-hetero) is 1. The van der Waals surface area contributed by atoms with Crippen LogP contribution in [-0.2, 0) is 4.79 Å². The maximum absolute atomic E-state index is 13.6. The zero-order valence-electron chi connectivity index (χ0n) is 17.5. The van der Waals surface area contributed by atoms with Gasteiger partial charge in [-0.3, -0.25) is 9.78 Å². The van der Waals surface area contributed by atoms with Gasteiger partial charge in [0.15, 0.2) is 5.78 Å². The third-order valence-electron chi connectivity index (χ3n) is 6.69. The van der Waals surface area contributed by atoms with Crippen LogP contribution in [0.3, 0.4) is 0 Å². The van der Waals surface area contributed by atoms with Crippen molar-refractivity contribution in [2.75, 3.05) is 5.32 Å². The quantitative estimate of drug-likeness (QED) is 0.426. The number of hydrogen-bond donors (Lipinski definition) is 2. The van der Waals surface area contributed by atoms with Crippen molar-refractivity contribution in [2.24, 2.45) is 0 Å². The van der Waals surface area contributed by atoms with Crippen LogP contribution in [0.4, 0.5) is 5.69 Å². The fourth-order valence-electron chi connectivity index (χ4n) is 5.25. The molecule has 1 aliphatic heterocycles. The highest BCUT2D eigenvalue weighted by molar-refractivity contribution is 6.04. The number of aromatic hydroxyl groups is 1. The number of hydrogen-bond acceptors (Lipinski definition) is 4. The molecule has 4 heteroatoms. The summed E-state index contributed by atoms with van der Waals surface area (Å²) >= 11 is 0. The Morgan fingerprint density at radius 3 is 2.47 bits per heavy atom. The van der Waals surface area contributed by atoms with E-state index in [9.17, 15) is 9.90 Å². The van der Waals surface area contributed by atoms with Gasteiger partial charge in [-0.1, -0.05) is 48.5 Å². The molecule has 0 saturated carbocycles. The van der Waals surface area contributed by atoms with E-state index in [-0.39, 0.29) is 23.4 Å². The van der Waals surface area contributed by atoms with E-state index in [4.69, 9.17) is 0 Å². The van der Waals surface area contributed by atoms with Gasteiger partial charge in [0.2, 0.25) is 0 Å². The third kappa shape index (κ3) is 2.99. The van der Waals surface area contributed by atoms with Gasteiger partial charge in [0, 0.05) is 40.9 Å². The molecule has 0 radical (unpaired) electrons. The average molecular weight is 418 g/mol. The van der Waals surface area contributed by atoms with Gasteiger partial charge in [0.25, 0.3) is 0 Å². The van der Waals surface area contributed by atoms with Crippen LogP contribution in [0.1, 0.15) is 41.4 Å². The number of rotatable bonds is 2. The molecule has 3 aromatic carbocycles. The molecule has 32 heavy (non-hydrogen) atoms. The highest BCUT2D eigenvalue weighted by Gasteiger charge is 2.39. The van der Waals surface area contributed by atoms with Gasteiger partial charge >= 0.3 is 0 Å². The maximum Gasteiger partial charge on any atom is 0.162 e. The number of anilines is 1. The largest absolute Gasteiger partial charge is 0.508 e. The second-order valence-corrected chi connectivity index (χ2v) is 8.58. The van der Waals surface area contributed by atoms with Gasteiger partial charge in [0.1, 0.15) is 5.75 Å². The standard InChI is InChI=1S/C28H22N2O2/c31-20-10-8-18(9-11-20)26-27-21-7-4-14-29-22(21)12-13-23(27)30-24-15-19(16-25(32)28(24)26)17-5-2-1-3-6-17/h1-14,19,26,30-31H,15-16H2/t19-,26+/m0/s1. The second kappa shape index (κ2) is 7.34. The first-order valence-corrected chi connectivity index (χ1v) is 10.9. The lowest BCUT2D eigenvalue weighted by molar-refractivity contribution is -0.116. The first kappa shape index (κ1) is 18.8. The molecule has 156 valence electrons. The molecule has 0 spiro atoms. The summed E-state index contributed by atoms with van der Waals surface area (Å²) in [6, 6.07) is 25.6. The number of phenolic OH excluding ortho intramolecular Hbond substituents is 1. The Hall–Kier alpha value is -3.92. The average Bonchev–Trinajstić information content (AvgIpc) is 2.83. The fourth-order valence-corrected chi connectivity index (χ4v) is 5.25. The number of carbonyl (C=O) groups excluding carboxylic acids is 1. The highest BCUT2D eigenvalue weighted by Crippen LogP contribution is 2.49. The molecule has 0 bridgehead atoms. The minimum Gasteiger partial charge on any atom is -0.508 e. The van der Waals surface area contributed by atoms with E-state index in [2.05, 4.69) is 34.6 Å². The van der Waals surface area contributed by atoms with Crippen molar-refractivity contribution in [3.8, 4) is 5.75 Å². The molecule has 4 aromatic rings. The van der Waals surface area contributed by atoms with Gasteiger partial charge in [-0.15, -0.1) is 0 Å². The van der Waals surface area contributed by atoms with Crippen LogP contribution in [0.5, 0.6) is 5.75 Å². The lowest BCUT2D eigenvalue weighted by Gasteiger charge is -2.37. The SMILES string of the molecule is O=C1C[C@@H](c2ccccc2)CC2=C1[C@H](c1ccc(O)cc1)c1c(ccc3ncccc13)N2. The molecular weight excluding hydrogens is 396 g/mol. The Bertz CT molecular complexity index is 1370. The predicted molar refractivity (Wildman–Crippen MR) is 126 cm³/mol. The molecule has 0 amide bonds. The van der Waals surface area contributed by atoms with Crippen molar-refractivity contribution >= 4 is 22.4 Å². The monoisotopic (exact) mass is 418 g/mol. The second-order valence-electron chi connectivity index (χ2n) is 8.58. The summed E-state index contributed by atoms with van der Waals surface area (Å²) in [6.45, 7) is 0. The van der Waals surface area contributed by atoms with E-state index in [1.807, 2.05) is 42.5 Å². The van der Waals surface area contributed by atoms with Crippen molar-refractivity contribution in [2.45, 2.75) is 24.7 Å². The van der Waals surface area contributed by atoms with Gasteiger partial charge in [-0.25, -0.2) is 0 Å². The summed E-state index contributed by atoms with van der Waals surface area (Å²) in [5, 5.41) is 14.5. The highest BCUT2D eigenvalue weighted by atomic mass is 16.3. The molecule has 0 fully saturated rings. The lowest BCUT2D eigenvalue weighted by atomic mass is 9.71. The van der Waals surface area contributed by atoms with E-state index < -0.39 is 0 Å². The van der Waals surface area contributed by atoms with Crippen molar-refractivity contribution in [3.05, 3.63) is 113 Å². The third-order valence-corrected chi connectivity index (χ3v) is 6.69. The minimum atomic E-state index is -0.195. The summed E-state index contributed by atoms with van der Waals surface area (Å²) in [4.78, 5) is 18.2.